The highest BCUT2D eigenvalue weighted by Gasteiger charge is 2.22. The Bertz CT molecular complexity index is 714. The third-order valence-corrected chi connectivity index (χ3v) is 4.74. The van der Waals surface area contributed by atoms with Gasteiger partial charge in [0, 0.05) is 32.2 Å². The fraction of sp³-hybridized carbons (Fsp3) is 0.526. The number of hydrogen-bond donors (Lipinski definition) is 1. The number of methoxy groups -OCH3 is 2. The Morgan fingerprint density at radius 3 is 2.88 bits per heavy atom. The van der Waals surface area contributed by atoms with Gasteiger partial charge in [0.2, 0.25) is 5.89 Å². The highest BCUT2D eigenvalue weighted by molar-refractivity contribution is 5.65. The summed E-state index contributed by atoms with van der Waals surface area (Å²) in [5, 5.41) is 3.54. The van der Waals surface area contributed by atoms with Gasteiger partial charge in [-0.1, -0.05) is 6.92 Å². The van der Waals surface area contributed by atoms with Crippen molar-refractivity contribution in [1.29, 1.82) is 0 Å². The van der Waals surface area contributed by atoms with Gasteiger partial charge in [0.05, 0.1) is 25.5 Å². The smallest absolute Gasteiger partial charge is 0.230 e. The lowest BCUT2D eigenvalue weighted by Gasteiger charge is -2.32. The third kappa shape index (κ3) is 3.96. The van der Waals surface area contributed by atoms with E-state index in [0.717, 1.165) is 61.1 Å². The van der Waals surface area contributed by atoms with Crippen LogP contribution in [-0.2, 0) is 6.54 Å². The van der Waals surface area contributed by atoms with Crippen LogP contribution in [0.1, 0.15) is 24.8 Å². The number of oxazole rings is 1. The summed E-state index contributed by atoms with van der Waals surface area (Å²) in [6.07, 6.45) is 1.14. The van der Waals surface area contributed by atoms with Gasteiger partial charge < -0.3 is 19.2 Å². The Morgan fingerprint density at radius 1 is 1.32 bits per heavy atom. The molecule has 1 fully saturated rings. The molecular formula is C19H27N3O3. The number of piperazine rings is 1. The summed E-state index contributed by atoms with van der Waals surface area (Å²) >= 11 is 0. The van der Waals surface area contributed by atoms with E-state index in [4.69, 9.17) is 18.9 Å². The largest absolute Gasteiger partial charge is 0.497 e. The van der Waals surface area contributed by atoms with Crippen LogP contribution < -0.4 is 14.8 Å². The first kappa shape index (κ1) is 17.8. The first-order valence-electron chi connectivity index (χ1n) is 8.79. The van der Waals surface area contributed by atoms with Crippen LogP contribution in [0.5, 0.6) is 11.5 Å². The zero-order valence-corrected chi connectivity index (χ0v) is 15.5. The minimum absolute atomic E-state index is 0.555. The van der Waals surface area contributed by atoms with Gasteiger partial charge in [-0.3, -0.25) is 4.90 Å². The molecule has 0 spiro atoms. The van der Waals surface area contributed by atoms with Crippen molar-refractivity contribution in [3.63, 3.8) is 0 Å². The second-order valence-electron chi connectivity index (χ2n) is 6.38. The van der Waals surface area contributed by atoms with Crippen molar-refractivity contribution in [3.05, 3.63) is 29.7 Å². The maximum atomic E-state index is 5.95. The van der Waals surface area contributed by atoms with Crippen molar-refractivity contribution in [2.45, 2.75) is 32.9 Å². The first-order chi connectivity index (χ1) is 12.1. The quantitative estimate of drug-likeness (QED) is 0.869. The first-order valence-corrected chi connectivity index (χ1v) is 8.79. The van der Waals surface area contributed by atoms with E-state index < -0.39 is 0 Å². The molecule has 3 rings (SSSR count). The molecule has 6 heteroatoms. The van der Waals surface area contributed by atoms with Crippen molar-refractivity contribution < 1.29 is 13.9 Å². The standard InChI is InChI=1S/C19H27N3O3/c1-5-14-11-22(9-8-20-14)12-17-13(2)25-19(21-17)16-10-15(23-3)6-7-18(16)24-4/h6-7,10,14,20H,5,8-9,11-12H2,1-4H3/t14-/m0/s1. The summed E-state index contributed by atoms with van der Waals surface area (Å²) in [7, 11) is 3.29. The molecule has 0 amide bonds. The lowest BCUT2D eigenvalue weighted by Crippen LogP contribution is -2.49. The summed E-state index contributed by atoms with van der Waals surface area (Å²) in [5.41, 5.74) is 1.79. The van der Waals surface area contributed by atoms with Crippen LogP contribution in [0.3, 0.4) is 0 Å². The van der Waals surface area contributed by atoms with E-state index in [1.54, 1.807) is 14.2 Å². The van der Waals surface area contributed by atoms with Crippen molar-refractivity contribution in [1.82, 2.24) is 15.2 Å². The van der Waals surface area contributed by atoms with E-state index in [9.17, 15) is 0 Å². The highest BCUT2D eigenvalue weighted by atomic mass is 16.5. The van der Waals surface area contributed by atoms with Gasteiger partial charge in [0.15, 0.2) is 0 Å². The molecule has 0 aliphatic carbocycles. The van der Waals surface area contributed by atoms with E-state index in [-0.39, 0.29) is 0 Å². The molecule has 1 aliphatic rings. The summed E-state index contributed by atoms with van der Waals surface area (Å²) in [4.78, 5) is 7.18. The molecule has 1 aromatic carbocycles. The number of benzene rings is 1. The SMILES string of the molecule is CC[C@H]1CN(Cc2nc(-c3cc(OC)ccc3OC)oc2C)CCN1. The normalized spacial score (nSPS) is 18.3. The molecule has 136 valence electrons. The molecule has 1 saturated heterocycles. The van der Waals surface area contributed by atoms with E-state index >= 15 is 0 Å². The zero-order valence-electron chi connectivity index (χ0n) is 15.5. The van der Waals surface area contributed by atoms with Crippen LogP contribution in [0.15, 0.2) is 22.6 Å². The second-order valence-corrected chi connectivity index (χ2v) is 6.38. The molecule has 2 heterocycles. The number of nitrogens with zero attached hydrogens (tertiary/aromatic N) is 2. The molecule has 1 N–H and O–H groups in total. The summed E-state index contributed by atoms with van der Waals surface area (Å²) in [6, 6.07) is 6.19. The molecule has 6 nitrogen and oxygen atoms in total. The van der Waals surface area contributed by atoms with Gasteiger partial charge in [-0.05, 0) is 31.5 Å². The Morgan fingerprint density at radius 2 is 2.16 bits per heavy atom. The van der Waals surface area contributed by atoms with Crippen molar-refractivity contribution in [2.24, 2.45) is 0 Å². The van der Waals surface area contributed by atoms with E-state index in [1.807, 2.05) is 25.1 Å². The van der Waals surface area contributed by atoms with Crippen molar-refractivity contribution >= 4 is 0 Å². The molecule has 1 aliphatic heterocycles. The fourth-order valence-corrected chi connectivity index (χ4v) is 3.19. The van der Waals surface area contributed by atoms with E-state index in [1.165, 1.54) is 0 Å². The maximum absolute atomic E-state index is 5.95. The highest BCUT2D eigenvalue weighted by Crippen LogP contribution is 2.34. The number of rotatable bonds is 6. The molecule has 1 atom stereocenters. The van der Waals surface area contributed by atoms with Gasteiger partial charge in [0.1, 0.15) is 17.3 Å². The van der Waals surface area contributed by atoms with Crippen LogP contribution in [0.2, 0.25) is 0 Å². The second kappa shape index (κ2) is 7.89. The van der Waals surface area contributed by atoms with Crippen LogP contribution in [0, 0.1) is 6.92 Å². The topological polar surface area (TPSA) is 59.8 Å². The Kier molecular flexibility index (Phi) is 5.60. The Balaban J connectivity index is 1.83. The Labute approximate surface area is 149 Å². The minimum Gasteiger partial charge on any atom is -0.497 e. The van der Waals surface area contributed by atoms with Gasteiger partial charge in [-0.2, -0.15) is 0 Å². The number of aromatic nitrogens is 1. The van der Waals surface area contributed by atoms with Gasteiger partial charge in [-0.25, -0.2) is 4.98 Å². The predicted molar refractivity (Wildman–Crippen MR) is 97.1 cm³/mol. The van der Waals surface area contributed by atoms with Crippen molar-refractivity contribution in [3.8, 4) is 23.0 Å². The van der Waals surface area contributed by atoms with Crippen molar-refractivity contribution in [2.75, 3.05) is 33.9 Å². The number of ether oxygens (including phenoxy) is 2. The van der Waals surface area contributed by atoms with E-state index in [2.05, 4.69) is 17.1 Å². The molecule has 0 bridgehead atoms. The molecule has 2 aromatic rings. The summed E-state index contributed by atoms with van der Waals surface area (Å²) in [5.74, 6) is 2.90. The lowest BCUT2D eigenvalue weighted by atomic mass is 10.1. The zero-order chi connectivity index (χ0) is 17.8. The fourth-order valence-electron chi connectivity index (χ4n) is 3.19. The molecular weight excluding hydrogens is 318 g/mol. The number of hydrogen-bond acceptors (Lipinski definition) is 6. The third-order valence-electron chi connectivity index (χ3n) is 4.74. The molecule has 25 heavy (non-hydrogen) atoms. The number of nitrogens with one attached hydrogen (secondary N) is 1. The van der Waals surface area contributed by atoms with Gasteiger partial charge in [0.25, 0.3) is 0 Å². The van der Waals surface area contributed by atoms with E-state index in [0.29, 0.717) is 11.9 Å². The minimum atomic E-state index is 0.555. The van der Waals surface area contributed by atoms with Crippen LogP contribution in [-0.4, -0.2) is 49.8 Å². The predicted octanol–water partition coefficient (Wildman–Crippen LogP) is 2.85. The molecule has 1 aromatic heterocycles. The monoisotopic (exact) mass is 345 g/mol. The molecule has 0 radical (unpaired) electrons. The van der Waals surface area contributed by atoms with Crippen LogP contribution in [0.4, 0.5) is 0 Å². The van der Waals surface area contributed by atoms with Gasteiger partial charge >= 0.3 is 0 Å². The van der Waals surface area contributed by atoms with Crippen LogP contribution in [0.25, 0.3) is 11.5 Å². The average Bonchev–Trinajstić information content (AvgIpc) is 3.01. The molecule has 0 saturated carbocycles. The average molecular weight is 345 g/mol. The lowest BCUT2D eigenvalue weighted by molar-refractivity contribution is 0.187. The summed E-state index contributed by atoms with van der Waals surface area (Å²) in [6.45, 7) is 8.08. The van der Waals surface area contributed by atoms with Crippen LogP contribution >= 0.6 is 0 Å². The number of aryl methyl sites for hydroxylation is 1. The summed E-state index contributed by atoms with van der Waals surface area (Å²) < 4.78 is 16.7. The molecule has 0 unspecified atom stereocenters. The Hall–Kier alpha value is -2.05. The van der Waals surface area contributed by atoms with Gasteiger partial charge in [-0.15, -0.1) is 0 Å². The maximum Gasteiger partial charge on any atom is 0.230 e.